The first-order chi connectivity index (χ1) is 8.44. The van der Waals surface area contributed by atoms with Crippen molar-refractivity contribution >= 4 is 5.78 Å². The number of alkyl halides is 3. The van der Waals surface area contributed by atoms with E-state index in [4.69, 9.17) is 4.74 Å². The number of benzene rings is 1. The predicted molar refractivity (Wildman–Crippen MR) is 59.6 cm³/mol. The first kappa shape index (κ1) is 12.9. The maximum atomic E-state index is 12.0. The smallest absolute Gasteiger partial charge is 0.395 e. The maximum Gasteiger partial charge on any atom is 0.395 e. The van der Waals surface area contributed by atoms with E-state index < -0.39 is 18.4 Å². The number of ether oxygens (including phenoxy) is 1. The van der Waals surface area contributed by atoms with Gasteiger partial charge >= 0.3 is 6.18 Å². The molecule has 0 radical (unpaired) electrons. The molecule has 0 fully saturated rings. The van der Waals surface area contributed by atoms with Crippen molar-refractivity contribution in [2.75, 3.05) is 6.61 Å². The normalized spacial score (nSPS) is 14.2. The molecule has 2 nitrogen and oxygen atoms in total. The molecular weight excluding hydrogens is 245 g/mol. The number of ketones is 1. The lowest BCUT2D eigenvalue weighted by Crippen LogP contribution is -2.15. The molecule has 1 heterocycles. The lowest BCUT2D eigenvalue weighted by atomic mass is 10.0. The van der Waals surface area contributed by atoms with Crippen molar-refractivity contribution < 1.29 is 22.7 Å². The fourth-order valence-corrected chi connectivity index (χ4v) is 1.99. The van der Waals surface area contributed by atoms with Crippen LogP contribution >= 0.6 is 0 Å². The third-order valence-corrected chi connectivity index (χ3v) is 2.84. The van der Waals surface area contributed by atoms with Crippen LogP contribution in [0.25, 0.3) is 0 Å². The average Bonchev–Trinajstić information content (AvgIpc) is 2.71. The molecule has 0 aromatic heterocycles. The van der Waals surface area contributed by atoms with Gasteiger partial charge < -0.3 is 4.74 Å². The Balaban J connectivity index is 1.89. The highest BCUT2D eigenvalue weighted by Crippen LogP contribution is 2.26. The molecule has 0 saturated carbocycles. The molecule has 1 aromatic carbocycles. The van der Waals surface area contributed by atoms with Crippen molar-refractivity contribution in [3.63, 3.8) is 0 Å². The van der Waals surface area contributed by atoms with Gasteiger partial charge in [0, 0.05) is 12.8 Å². The predicted octanol–water partition coefficient (Wildman–Crippen LogP) is 3.08. The van der Waals surface area contributed by atoms with Gasteiger partial charge in [0.05, 0.1) is 6.61 Å². The van der Waals surface area contributed by atoms with Gasteiger partial charge in [0.2, 0.25) is 0 Å². The van der Waals surface area contributed by atoms with Gasteiger partial charge in [-0.1, -0.05) is 12.1 Å². The van der Waals surface area contributed by atoms with E-state index in [0.717, 1.165) is 23.3 Å². The number of rotatable bonds is 4. The molecule has 0 spiro atoms. The molecule has 0 saturated heterocycles. The van der Waals surface area contributed by atoms with E-state index in [9.17, 15) is 18.0 Å². The topological polar surface area (TPSA) is 26.3 Å². The lowest BCUT2D eigenvalue weighted by Gasteiger charge is -2.06. The Hall–Kier alpha value is -1.52. The van der Waals surface area contributed by atoms with Gasteiger partial charge in [-0.25, -0.2) is 0 Å². The van der Waals surface area contributed by atoms with E-state index in [0.29, 0.717) is 13.0 Å². The Bertz CT molecular complexity index is 452. The summed E-state index contributed by atoms with van der Waals surface area (Å²) in [5.41, 5.74) is 1.95. The van der Waals surface area contributed by atoms with Crippen LogP contribution in [0.1, 0.15) is 24.0 Å². The van der Waals surface area contributed by atoms with Crippen molar-refractivity contribution in [3.8, 4) is 5.75 Å². The van der Waals surface area contributed by atoms with E-state index in [2.05, 4.69) is 0 Å². The standard InChI is InChI=1S/C13H13F3O2/c14-13(15,16)8-11(17)3-1-9-2-4-12-10(7-9)5-6-18-12/h2,4,7H,1,3,5-6,8H2. The quantitative estimate of drug-likeness (QED) is 0.829. The Labute approximate surface area is 103 Å². The van der Waals surface area contributed by atoms with Crippen molar-refractivity contribution in [2.24, 2.45) is 0 Å². The summed E-state index contributed by atoms with van der Waals surface area (Å²) in [5.74, 6) is 0.0691. The van der Waals surface area contributed by atoms with Crippen LogP contribution in [0.2, 0.25) is 0 Å². The number of aryl methyl sites for hydroxylation is 1. The monoisotopic (exact) mass is 258 g/mol. The van der Waals surface area contributed by atoms with Crippen LogP contribution in [0.3, 0.4) is 0 Å². The molecule has 1 aliphatic rings. The summed E-state index contributed by atoms with van der Waals surface area (Å²) >= 11 is 0. The largest absolute Gasteiger partial charge is 0.493 e. The van der Waals surface area contributed by atoms with Crippen molar-refractivity contribution in [1.82, 2.24) is 0 Å². The maximum absolute atomic E-state index is 12.0. The van der Waals surface area contributed by atoms with Crippen LogP contribution < -0.4 is 4.74 Å². The van der Waals surface area contributed by atoms with Gasteiger partial charge in [-0.2, -0.15) is 13.2 Å². The number of carbonyl (C=O) groups excluding carboxylic acids is 1. The highest BCUT2D eigenvalue weighted by molar-refractivity contribution is 5.79. The van der Waals surface area contributed by atoms with E-state index in [1.807, 2.05) is 12.1 Å². The fourth-order valence-electron chi connectivity index (χ4n) is 1.99. The number of Topliss-reactive ketones (excluding diaryl/α,β-unsaturated/α-hetero) is 1. The van der Waals surface area contributed by atoms with Crippen LogP contribution in [0.4, 0.5) is 13.2 Å². The summed E-state index contributed by atoms with van der Waals surface area (Å²) in [7, 11) is 0. The zero-order valence-corrected chi connectivity index (χ0v) is 9.72. The highest BCUT2D eigenvalue weighted by atomic mass is 19.4. The van der Waals surface area contributed by atoms with Gasteiger partial charge in [0.15, 0.2) is 0 Å². The molecule has 0 unspecified atom stereocenters. The minimum absolute atomic E-state index is 0.0703. The van der Waals surface area contributed by atoms with Crippen LogP contribution in [-0.2, 0) is 17.6 Å². The summed E-state index contributed by atoms with van der Waals surface area (Å²) in [6, 6.07) is 5.51. The molecule has 1 aliphatic heterocycles. The number of carbonyl (C=O) groups is 1. The van der Waals surface area contributed by atoms with Gasteiger partial charge in [0.1, 0.15) is 18.0 Å². The average molecular weight is 258 g/mol. The number of hydrogen-bond donors (Lipinski definition) is 0. The van der Waals surface area contributed by atoms with E-state index in [1.54, 1.807) is 6.07 Å². The summed E-state index contributed by atoms with van der Waals surface area (Å²) < 4.78 is 41.3. The Morgan fingerprint density at radius 2 is 2.11 bits per heavy atom. The first-order valence-corrected chi connectivity index (χ1v) is 5.77. The second kappa shape index (κ2) is 5.00. The van der Waals surface area contributed by atoms with Crippen molar-refractivity contribution in [3.05, 3.63) is 29.3 Å². The van der Waals surface area contributed by atoms with Crippen molar-refractivity contribution in [2.45, 2.75) is 31.9 Å². The molecule has 0 aliphatic carbocycles. The van der Waals surface area contributed by atoms with Gasteiger partial charge in [-0.3, -0.25) is 4.79 Å². The minimum atomic E-state index is -4.40. The molecule has 2 rings (SSSR count). The van der Waals surface area contributed by atoms with E-state index >= 15 is 0 Å². The third kappa shape index (κ3) is 3.48. The number of hydrogen-bond acceptors (Lipinski definition) is 2. The van der Waals surface area contributed by atoms with Crippen LogP contribution in [-0.4, -0.2) is 18.6 Å². The molecule has 0 bridgehead atoms. The van der Waals surface area contributed by atoms with Gasteiger partial charge in [-0.05, 0) is 23.6 Å². The zero-order valence-electron chi connectivity index (χ0n) is 9.72. The molecular formula is C13H13F3O2. The summed E-state index contributed by atoms with van der Waals surface area (Å²) in [6.45, 7) is 0.645. The van der Waals surface area contributed by atoms with Crippen molar-refractivity contribution in [1.29, 1.82) is 0 Å². The molecule has 5 heteroatoms. The Morgan fingerprint density at radius 1 is 1.33 bits per heavy atom. The van der Waals surface area contributed by atoms with Crippen LogP contribution in [0, 0.1) is 0 Å². The highest BCUT2D eigenvalue weighted by Gasteiger charge is 2.30. The SMILES string of the molecule is O=C(CCc1ccc2c(c1)CCO2)CC(F)(F)F. The van der Waals surface area contributed by atoms with E-state index in [1.165, 1.54) is 0 Å². The summed E-state index contributed by atoms with van der Waals surface area (Å²) in [5, 5.41) is 0. The summed E-state index contributed by atoms with van der Waals surface area (Å²) in [4.78, 5) is 11.1. The third-order valence-electron chi connectivity index (χ3n) is 2.84. The molecule has 0 atom stereocenters. The Kier molecular flexibility index (Phi) is 3.59. The summed E-state index contributed by atoms with van der Waals surface area (Å²) in [6.07, 6.45) is -4.63. The van der Waals surface area contributed by atoms with Gasteiger partial charge in [-0.15, -0.1) is 0 Å². The van der Waals surface area contributed by atoms with Crippen LogP contribution in [0.5, 0.6) is 5.75 Å². The van der Waals surface area contributed by atoms with Crippen LogP contribution in [0.15, 0.2) is 18.2 Å². The minimum Gasteiger partial charge on any atom is -0.493 e. The zero-order chi connectivity index (χ0) is 13.2. The molecule has 0 N–H and O–H groups in total. The molecule has 1 aromatic rings. The van der Waals surface area contributed by atoms with Gasteiger partial charge in [0.25, 0.3) is 0 Å². The first-order valence-electron chi connectivity index (χ1n) is 5.77. The lowest BCUT2D eigenvalue weighted by molar-refractivity contribution is -0.152. The number of halogens is 3. The number of fused-ring (bicyclic) bond motifs is 1. The molecule has 18 heavy (non-hydrogen) atoms. The molecule has 0 amide bonds. The second-order valence-corrected chi connectivity index (χ2v) is 4.37. The molecule has 98 valence electrons. The van der Waals surface area contributed by atoms with E-state index in [-0.39, 0.29) is 6.42 Å². The Morgan fingerprint density at radius 3 is 2.83 bits per heavy atom. The second-order valence-electron chi connectivity index (χ2n) is 4.37. The fraction of sp³-hybridized carbons (Fsp3) is 0.462.